The monoisotopic (exact) mass is 442 g/mol. The van der Waals surface area contributed by atoms with Crippen molar-refractivity contribution in [1.29, 1.82) is 0 Å². The highest BCUT2D eigenvalue weighted by Gasteiger charge is 2.51. The van der Waals surface area contributed by atoms with Gasteiger partial charge < -0.3 is 9.84 Å². The fourth-order valence-corrected chi connectivity index (χ4v) is 5.87. The summed E-state index contributed by atoms with van der Waals surface area (Å²) in [6.07, 6.45) is 6.67. The third-order valence-electron chi connectivity index (χ3n) is 8.18. The van der Waals surface area contributed by atoms with Crippen molar-refractivity contribution >= 4 is 28.3 Å². The van der Waals surface area contributed by atoms with E-state index in [1.165, 1.54) is 18.4 Å². The van der Waals surface area contributed by atoms with Crippen LogP contribution < -0.4 is 4.74 Å². The number of halogens is 1. The van der Waals surface area contributed by atoms with Crippen LogP contribution in [0.25, 0.3) is 10.8 Å². The number of benzene rings is 2. The first-order chi connectivity index (χ1) is 14.7. The number of fused-ring (bicyclic) bond motifs is 1. The lowest BCUT2D eigenvalue weighted by Gasteiger charge is -2.51. The van der Waals surface area contributed by atoms with Crippen LogP contribution in [0, 0.1) is 23.2 Å². The van der Waals surface area contributed by atoms with E-state index in [4.69, 9.17) is 16.3 Å². The highest BCUT2D eigenvalue weighted by molar-refractivity contribution is 6.37. The quantitative estimate of drug-likeness (QED) is 0.498. The van der Waals surface area contributed by atoms with E-state index in [2.05, 4.69) is 52.0 Å². The predicted molar refractivity (Wildman–Crippen MR) is 127 cm³/mol. The molecule has 2 aliphatic carbocycles. The first-order valence-corrected chi connectivity index (χ1v) is 12.2. The summed E-state index contributed by atoms with van der Waals surface area (Å²) in [5.41, 5.74) is 1.11. The number of ether oxygens (including phenoxy) is 1. The summed E-state index contributed by atoms with van der Waals surface area (Å²) in [5, 5.41) is 12.3. The molecule has 2 saturated carbocycles. The minimum absolute atomic E-state index is 0.146. The summed E-state index contributed by atoms with van der Waals surface area (Å²) < 4.78 is 6.31. The molecule has 1 unspecified atom stereocenters. The third-order valence-corrected chi connectivity index (χ3v) is 8.57. The van der Waals surface area contributed by atoms with Crippen LogP contribution in [0.1, 0.15) is 77.7 Å². The van der Waals surface area contributed by atoms with Gasteiger partial charge in [0.1, 0.15) is 5.75 Å². The van der Waals surface area contributed by atoms with Crippen LogP contribution in [0.5, 0.6) is 5.75 Å². The van der Waals surface area contributed by atoms with Crippen molar-refractivity contribution in [3.63, 3.8) is 0 Å². The second kappa shape index (κ2) is 8.65. The Hall–Kier alpha value is -1.74. The SMILES string of the molecule is CC1CCC(Oc2ccc3ccc(C(C)C[C@H]4C[C@@H](C(=O)O)C4(C)C)cc3c2Cl)CC1. The van der Waals surface area contributed by atoms with Gasteiger partial charge in [-0.05, 0) is 84.8 Å². The van der Waals surface area contributed by atoms with Crippen molar-refractivity contribution in [2.45, 2.75) is 78.2 Å². The molecule has 3 atom stereocenters. The molecule has 0 amide bonds. The molecule has 0 saturated heterocycles. The van der Waals surface area contributed by atoms with Crippen LogP contribution in [-0.2, 0) is 4.79 Å². The largest absolute Gasteiger partial charge is 0.489 e. The lowest BCUT2D eigenvalue weighted by molar-refractivity contribution is -0.159. The summed E-state index contributed by atoms with van der Waals surface area (Å²) in [7, 11) is 0. The van der Waals surface area contributed by atoms with Crippen molar-refractivity contribution in [3.05, 3.63) is 40.9 Å². The van der Waals surface area contributed by atoms with Gasteiger partial charge in [0.15, 0.2) is 0 Å². The van der Waals surface area contributed by atoms with E-state index in [-0.39, 0.29) is 17.4 Å². The second-order valence-corrected chi connectivity index (χ2v) is 11.0. The van der Waals surface area contributed by atoms with E-state index in [1.54, 1.807) is 0 Å². The van der Waals surface area contributed by atoms with Gasteiger partial charge in [0.2, 0.25) is 0 Å². The minimum Gasteiger partial charge on any atom is -0.489 e. The number of rotatable bonds is 6. The van der Waals surface area contributed by atoms with Crippen LogP contribution in [0.15, 0.2) is 30.3 Å². The molecule has 0 aromatic heterocycles. The molecule has 2 aromatic carbocycles. The van der Waals surface area contributed by atoms with Crippen LogP contribution >= 0.6 is 11.6 Å². The fourth-order valence-electron chi connectivity index (χ4n) is 5.60. The topological polar surface area (TPSA) is 46.5 Å². The van der Waals surface area contributed by atoms with Crippen molar-refractivity contribution in [2.24, 2.45) is 23.2 Å². The van der Waals surface area contributed by atoms with Crippen LogP contribution in [-0.4, -0.2) is 17.2 Å². The van der Waals surface area contributed by atoms with Gasteiger partial charge in [-0.15, -0.1) is 0 Å². The Morgan fingerprint density at radius 1 is 1.19 bits per heavy atom. The van der Waals surface area contributed by atoms with Crippen LogP contribution in [0.4, 0.5) is 0 Å². The standard InChI is InChI=1S/C27H35ClO3/c1-16-5-10-21(11-6-16)31-24-12-9-18-7-8-19(14-22(18)25(24)28)17(2)13-20-15-23(26(29)30)27(20,3)4/h7-9,12,14,16-17,20-21,23H,5-6,10-11,13,15H2,1-4H3,(H,29,30)/t16?,17?,20-,21?,23-/m0/s1. The zero-order valence-electron chi connectivity index (χ0n) is 19.2. The van der Waals surface area contributed by atoms with Crippen molar-refractivity contribution in [3.8, 4) is 5.75 Å². The van der Waals surface area contributed by atoms with Gasteiger partial charge in [0.25, 0.3) is 0 Å². The fraction of sp³-hybridized carbons (Fsp3) is 0.593. The van der Waals surface area contributed by atoms with E-state index in [1.807, 2.05) is 6.07 Å². The molecule has 31 heavy (non-hydrogen) atoms. The summed E-state index contributed by atoms with van der Waals surface area (Å²) in [6, 6.07) is 10.6. The Morgan fingerprint density at radius 2 is 1.87 bits per heavy atom. The Bertz CT molecular complexity index is 958. The van der Waals surface area contributed by atoms with Gasteiger partial charge in [-0.3, -0.25) is 4.79 Å². The number of carboxylic acids is 1. The van der Waals surface area contributed by atoms with E-state index >= 15 is 0 Å². The molecule has 0 aliphatic heterocycles. The number of hydrogen-bond donors (Lipinski definition) is 1. The zero-order chi connectivity index (χ0) is 22.3. The lowest BCUT2D eigenvalue weighted by Crippen LogP contribution is -2.49. The Kier molecular flexibility index (Phi) is 6.27. The van der Waals surface area contributed by atoms with E-state index in [0.717, 1.165) is 48.1 Å². The molecule has 2 aromatic rings. The summed E-state index contributed by atoms with van der Waals surface area (Å²) >= 11 is 6.82. The van der Waals surface area contributed by atoms with Crippen molar-refractivity contribution in [2.75, 3.05) is 0 Å². The molecular formula is C27H35ClO3. The molecule has 168 valence electrons. The van der Waals surface area contributed by atoms with Gasteiger partial charge in [0.05, 0.1) is 17.0 Å². The molecule has 4 heteroatoms. The number of carboxylic acid groups (broad SMARTS) is 1. The Labute approximate surface area is 191 Å². The van der Waals surface area contributed by atoms with E-state index in [9.17, 15) is 9.90 Å². The second-order valence-electron chi connectivity index (χ2n) is 10.6. The van der Waals surface area contributed by atoms with E-state index in [0.29, 0.717) is 16.9 Å². The number of hydrogen-bond acceptors (Lipinski definition) is 2. The normalized spacial score (nSPS) is 28.7. The van der Waals surface area contributed by atoms with Crippen LogP contribution in [0.2, 0.25) is 5.02 Å². The van der Waals surface area contributed by atoms with Gasteiger partial charge in [-0.2, -0.15) is 0 Å². The molecule has 0 bridgehead atoms. The molecule has 1 N–H and O–H groups in total. The first kappa shape index (κ1) is 22.5. The van der Waals surface area contributed by atoms with E-state index < -0.39 is 5.97 Å². The van der Waals surface area contributed by atoms with Gasteiger partial charge >= 0.3 is 5.97 Å². The van der Waals surface area contributed by atoms with Crippen LogP contribution in [0.3, 0.4) is 0 Å². The Balaban J connectivity index is 1.50. The van der Waals surface area contributed by atoms with Gasteiger partial charge in [-0.25, -0.2) is 0 Å². The molecular weight excluding hydrogens is 408 g/mol. The van der Waals surface area contributed by atoms with Crippen molar-refractivity contribution in [1.82, 2.24) is 0 Å². The molecule has 2 fully saturated rings. The maximum Gasteiger partial charge on any atom is 0.307 e. The van der Waals surface area contributed by atoms with Gasteiger partial charge in [-0.1, -0.05) is 57.5 Å². The lowest BCUT2D eigenvalue weighted by atomic mass is 9.53. The summed E-state index contributed by atoms with van der Waals surface area (Å²) in [6.45, 7) is 8.75. The van der Waals surface area contributed by atoms with Gasteiger partial charge in [0, 0.05) is 5.39 Å². The average molecular weight is 443 g/mol. The third kappa shape index (κ3) is 4.44. The molecule has 0 spiro atoms. The minimum atomic E-state index is -0.661. The summed E-state index contributed by atoms with van der Waals surface area (Å²) in [5.74, 6) is 1.48. The Morgan fingerprint density at radius 3 is 2.52 bits per heavy atom. The highest BCUT2D eigenvalue weighted by atomic mass is 35.5. The number of carbonyl (C=O) groups is 1. The molecule has 2 aliphatic rings. The maximum absolute atomic E-state index is 11.4. The smallest absolute Gasteiger partial charge is 0.307 e. The summed E-state index contributed by atoms with van der Waals surface area (Å²) in [4.78, 5) is 11.4. The molecule has 3 nitrogen and oxygen atoms in total. The highest BCUT2D eigenvalue weighted by Crippen LogP contribution is 2.54. The average Bonchev–Trinajstić information content (AvgIpc) is 2.73. The first-order valence-electron chi connectivity index (χ1n) is 11.8. The molecule has 4 rings (SSSR count). The number of aliphatic carboxylic acids is 1. The van der Waals surface area contributed by atoms with Crippen molar-refractivity contribution < 1.29 is 14.6 Å². The zero-order valence-corrected chi connectivity index (χ0v) is 19.9. The molecule has 0 heterocycles. The molecule has 0 radical (unpaired) electrons. The maximum atomic E-state index is 11.4. The predicted octanol–water partition coefficient (Wildman–Crippen LogP) is 7.69.